The van der Waals surface area contributed by atoms with Crippen LogP contribution in [0.3, 0.4) is 0 Å². The fraction of sp³-hybridized carbons (Fsp3) is 0.364. The fourth-order valence-electron chi connectivity index (χ4n) is 2.82. The van der Waals surface area contributed by atoms with E-state index in [1.165, 1.54) is 33.3 Å². The summed E-state index contributed by atoms with van der Waals surface area (Å²) >= 11 is 12.5. The first-order valence-corrected chi connectivity index (χ1v) is 10.7. The van der Waals surface area contributed by atoms with Crippen LogP contribution >= 0.6 is 23.2 Å². The van der Waals surface area contributed by atoms with Gasteiger partial charge in [-0.2, -0.15) is 10.2 Å². The van der Waals surface area contributed by atoms with Crippen LogP contribution in [0.2, 0.25) is 10.0 Å². The fourth-order valence-corrected chi connectivity index (χ4v) is 3.27. The van der Waals surface area contributed by atoms with E-state index in [1.54, 1.807) is 19.1 Å². The number of nitrogens with zero attached hydrogens (tertiary/aromatic N) is 2. The zero-order valence-electron chi connectivity index (χ0n) is 18.9. The Labute approximate surface area is 202 Å². The van der Waals surface area contributed by atoms with Crippen LogP contribution in [0.25, 0.3) is 0 Å². The third-order valence-corrected chi connectivity index (χ3v) is 4.83. The minimum absolute atomic E-state index is 0.149. The summed E-state index contributed by atoms with van der Waals surface area (Å²) in [6.45, 7) is 5.63. The smallest absolute Gasteiger partial charge is 0.258 e. The molecule has 0 aliphatic heterocycles. The first-order chi connectivity index (χ1) is 15.8. The van der Waals surface area contributed by atoms with Gasteiger partial charge >= 0.3 is 0 Å². The third-order valence-electron chi connectivity index (χ3n) is 4.25. The Morgan fingerprint density at radius 2 is 1.70 bits per heavy atom. The number of carbonyl (C=O) groups excluding carboxylic acids is 2. The van der Waals surface area contributed by atoms with Gasteiger partial charge in [0.05, 0.1) is 33.1 Å². The number of anilines is 1. The minimum atomic E-state index is -1.45. The third kappa shape index (κ3) is 6.49. The number of azo groups is 1. The Bertz CT molecular complexity index is 1050. The molecule has 0 saturated carbocycles. The predicted molar refractivity (Wildman–Crippen MR) is 126 cm³/mol. The van der Waals surface area contributed by atoms with Gasteiger partial charge in [-0.05, 0) is 39.0 Å². The highest BCUT2D eigenvalue weighted by atomic mass is 35.5. The van der Waals surface area contributed by atoms with Crippen molar-refractivity contribution >= 4 is 46.3 Å². The number of ether oxygens (including phenoxy) is 4. The molecule has 178 valence electrons. The Kier molecular flexibility index (Phi) is 9.74. The second-order valence-electron chi connectivity index (χ2n) is 6.50. The van der Waals surface area contributed by atoms with Crippen LogP contribution in [0.4, 0.5) is 11.4 Å². The number of ketones is 1. The summed E-state index contributed by atoms with van der Waals surface area (Å²) < 4.78 is 21.6. The number of nitrogens with one attached hydrogen (secondary N) is 1. The lowest BCUT2D eigenvalue weighted by Crippen LogP contribution is -2.32. The van der Waals surface area contributed by atoms with Gasteiger partial charge in [-0.3, -0.25) is 9.59 Å². The Morgan fingerprint density at radius 3 is 2.27 bits per heavy atom. The van der Waals surface area contributed by atoms with Gasteiger partial charge in [0.25, 0.3) is 5.91 Å². The monoisotopic (exact) mass is 497 g/mol. The molecule has 2 aromatic carbocycles. The molecule has 1 amide bonds. The molecule has 0 heterocycles. The maximum atomic E-state index is 12.8. The van der Waals surface area contributed by atoms with E-state index in [-0.39, 0.29) is 22.1 Å². The first-order valence-electron chi connectivity index (χ1n) is 9.99. The lowest BCUT2D eigenvalue weighted by atomic mass is 10.2. The van der Waals surface area contributed by atoms with E-state index in [2.05, 4.69) is 15.5 Å². The number of rotatable bonds is 11. The molecule has 0 radical (unpaired) electrons. The Hall–Kier alpha value is -3.04. The summed E-state index contributed by atoms with van der Waals surface area (Å²) in [5, 5.41) is 11.0. The largest absolute Gasteiger partial charge is 0.493 e. The summed E-state index contributed by atoms with van der Waals surface area (Å²) in [7, 11) is 2.84. The molecule has 0 aromatic heterocycles. The second kappa shape index (κ2) is 12.3. The Morgan fingerprint density at radius 1 is 1.00 bits per heavy atom. The quantitative estimate of drug-likeness (QED) is 0.324. The van der Waals surface area contributed by atoms with Gasteiger partial charge in [-0.25, -0.2) is 0 Å². The normalized spacial score (nSPS) is 11.7. The summed E-state index contributed by atoms with van der Waals surface area (Å²) in [6.07, 6.45) is 0. The van der Waals surface area contributed by atoms with Crippen LogP contribution in [0.15, 0.2) is 34.5 Å². The molecule has 9 nitrogen and oxygen atoms in total. The average molecular weight is 498 g/mol. The molecule has 0 saturated heterocycles. The van der Waals surface area contributed by atoms with E-state index >= 15 is 0 Å². The Balaban J connectivity index is 2.35. The molecule has 0 aliphatic carbocycles. The van der Waals surface area contributed by atoms with Gasteiger partial charge in [0.15, 0.2) is 28.8 Å². The van der Waals surface area contributed by atoms with Crippen molar-refractivity contribution in [3.8, 4) is 23.0 Å². The maximum absolute atomic E-state index is 12.8. The van der Waals surface area contributed by atoms with Crippen molar-refractivity contribution < 1.29 is 28.5 Å². The molecule has 2 rings (SSSR count). The van der Waals surface area contributed by atoms with Crippen LogP contribution in [0, 0.1) is 0 Å². The summed E-state index contributed by atoms with van der Waals surface area (Å²) in [5.41, 5.74) is 0.427. The maximum Gasteiger partial charge on any atom is 0.258 e. The van der Waals surface area contributed by atoms with E-state index in [1.807, 2.05) is 6.92 Å². The number of hydrogen-bond donors (Lipinski definition) is 1. The zero-order chi connectivity index (χ0) is 24.5. The number of benzene rings is 2. The lowest BCUT2D eigenvalue weighted by Gasteiger charge is -2.16. The topological polar surface area (TPSA) is 108 Å². The van der Waals surface area contributed by atoms with Crippen molar-refractivity contribution in [2.45, 2.75) is 26.8 Å². The molecule has 11 heteroatoms. The van der Waals surface area contributed by atoms with E-state index in [0.29, 0.717) is 35.5 Å². The van der Waals surface area contributed by atoms with Crippen molar-refractivity contribution in [3.05, 3.63) is 34.3 Å². The lowest BCUT2D eigenvalue weighted by molar-refractivity contribution is -0.126. The molecule has 0 fully saturated rings. The summed E-state index contributed by atoms with van der Waals surface area (Å²) in [5.74, 6) is 0.0387. The van der Waals surface area contributed by atoms with E-state index in [4.69, 9.17) is 42.1 Å². The zero-order valence-corrected chi connectivity index (χ0v) is 20.4. The number of carbonyl (C=O) groups is 2. The van der Waals surface area contributed by atoms with Gasteiger partial charge in [-0.15, -0.1) is 0 Å². The summed E-state index contributed by atoms with van der Waals surface area (Å²) in [4.78, 5) is 25.0. The number of amides is 1. The number of hydrogen-bond acceptors (Lipinski definition) is 8. The van der Waals surface area contributed by atoms with Crippen LogP contribution in [-0.4, -0.2) is 45.2 Å². The highest BCUT2D eigenvalue weighted by Gasteiger charge is 2.26. The molecule has 1 unspecified atom stereocenters. The highest BCUT2D eigenvalue weighted by molar-refractivity contribution is 6.34. The van der Waals surface area contributed by atoms with Crippen LogP contribution in [-0.2, 0) is 9.59 Å². The van der Waals surface area contributed by atoms with Gasteiger partial charge < -0.3 is 24.3 Å². The molecule has 1 N–H and O–H groups in total. The predicted octanol–water partition coefficient (Wildman–Crippen LogP) is 5.49. The number of methoxy groups -OCH3 is 2. The molecule has 2 aromatic rings. The average Bonchev–Trinajstić information content (AvgIpc) is 2.77. The minimum Gasteiger partial charge on any atom is -0.493 e. The van der Waals surface area contributed by atoms with Gasteiger partial charge in [0.1, 0.15) is 10.7 Å². The number of Topliss-reactive ketones (excluding diaryl/α,β-unsaturated/α-hetero) is 1. The molecule has 0 spiro atoms. The van der Waals surface area contributed by atoms with Crippen molar-refractivity contribution in [1.29, 1.82) is 0 Å². The SMILES string of the molecule is CCOc1ccc(N=NC(C(C)=O)C(=O)Nc2cc(Cl)cc(OC)c2OC)c(Cl)c1OCC. The molecular weight excluding hydrogens is 473 g/mol. The van der Waals surface area contributed by atoms with Crippen LogP contribution < -0.4 is 24.3 Å². The van der Waals surface area contributed by atoms with Gasteiger partial charge in [0.2, 0.25) is 6.04 Å². The van der Waals surface area contributed by atoms with Gasteiger partial charge in [-0.1, -0.05) is 23.2 Å². The summed E-state index contributed by atoms with van der Waals surface area (Å²) in [6, 6.07) is 4.73. The molecule has 1 atom stereocenters. The van der Waals surface area contributed by atoms with Crippen LogP contribution in [0.5, 0.6) is 23.0 Å². The molecule has 33 heavy (non-hydrogen) atoms. The standard InChI is InChI=1S/C22H25Cl2N3O6/c1-6-32-16-9-8-14(18(24)21(16)33-7-2)26-27-19(12(3)28)22(29)25-15-10-13(23)11-17(30-4)20(15)31-5/h8-11,19H,6-7H2,1-5H3,(H,25,29). The highest BCUT2D eigenvalue weighted by Crippen LogP contribution is 2.42. The number of halogens is 2. The van der Waals surface area contributed by atoms with Crippen molar-refractivity contribution in [3.63, 3.8) is 0 Å². The van der Waals surface area contributed by atoms with Gasteiger partial charge in [0, 0.05) is 11.1 Å². The van der Waals surface area contributed by atoms with Crippen molar-refractivity contribution in [1.82, 2.24) is 0 Å². The molecular formula is C22H25Cl2N3O6. The second-order valence-corrected chi connectivity index (χ2v) is 7.31. The van der Waals surface area contributed by atoms with Crippen molar-refractivity contribution in [2.75, 3.05) is 32.8 Å². The first kappa shape index (κ1) is 26.2. The van der Waals surface area contributed by atoms with E-state index in [0.717, 1.165) is 0 Å². The van der Waals surface area contributed by atoms with Crippen LogP contribution in [0.1, 0.15) is 20.8 Å². The molecule has 0 bridgehead atoms. The van der Waals surface area contributed by atoms with E-state index in [9.17, 15) is 9.59 Å². The van der Waals surface area contributed by atoms with E-state index < -0.39 is 17.7 Å². The molecule has 0 aliphatic rings. The van der Waals surface area contributed by atoms with Crippen molar-refractivity contribution in [2.24, 2.45) is 10.2 Å².